The van der Waals surface area contributed by atoms with Gasteiger partial charge in [0, 0.05) is 26.2 Å². The summed E-state index contributed by atoms with van der Waals surface area (Å²) in [6.07, 6.45) is -4.43. The van der Waals surface area contributed by atoms with Crippen LogP contribution in [0.3, 0.4) is 0 Å². The van der Waals surface area contributed by atoms with E-state index in [4.69, 9.17) is 0 Å². The molecule has 2 aliphatic rings. The van der Waals surface area contributed by atoms with Gasteiger partial charge in [0.25, 0.3) is 0 Å². The molecule has 2 rings (SSSR count). The Morgan fingerprint density at radius 1 is 1.29 bits per heavy atom. The summed E-state index contributed by atoms with van der Waals surface area (Å²) < 4.78 is 61.4. The summed E-state index contributed by atoms with van der Waals surface area (Å²) in [4.78, 5) is 13.6. The van der Waals surface area contributed by atoms with Crippen LogP contribution in [0.4, 0.5) is 13.2 Å². The van der Waals surface area contributed by atoms with E-state index >= 15 is 0 Å². The SMILES string of the molecule is CC1(C)CN(C(=O)[C@@H]2CNC[C@H]2C(F)(F)F)CCS1(=O)=O. The highest BCUT2D eigenvalue weighted by atomic mass is 32.2. The zero-order valence-electron chi connectivity index (χ0n) is 11.9. The van der Waals surface area contributed by atoms with Crippen molar-refractivity contribution >= 4 is 15.7 Å². The Hall–Kier alpha value is -0.830. The highest BCUT2D eigenvalue weighted by Crippen LogP contribution is 2.36. The second kappa shape index (κ2) is 5.12. The van der Waals surface area contributed by atoms with Crippen molar-refractivity contribution in [1.29, 1.82) is 0 Å². The van der Waals surface area contributed by atoms with Crippen molar-refractivity contribution in [3.8, 4) is 0 Å². The van der Waals surface area contributed by atoms with Crippen molar-refractivity contribution in [3.63, 3.8) is 0 Å². The molecule has 0 unspecified atom stereocenters. The molecule has 2 saturated heterocycles. The Labute approximate surface area is 121 Å². The van der Waals surface area contributed by atoms with Crippen molar-refractivity contribution < 1.29 is 26.4 Å². The average molecular weight is 328 g/mol. The fourth-order valence-electron chi connectivity index (χ4n) is 2.85. The van der Waals surface area contributed by atoms with Crippen LogP contribution in [0, 0.1) is 11.8 Å². The number of alkyl halides is 3. The van der Waals surface area contributed by atoms with E-state index in [1.807, 2.05) is 0 Å². The summed E-state index contributed by atoms with van der Waals surface area (Å²) in [6, 6.07) is 0. The smallest absolute Gasteiger partial charge is 0.340 e. The lowest BCUT2D eigenvalue weighted by Gasteiger charge is -2.39. The highest BCUT2D eigenvalue weighted by Gasteiger charge is 2.52. The first kappa shape index (κ1) is 16.5. The lowest BCUT2D eigenvalue weighted by atomic mass is 9.93. The summed E-state index contributed by atoms with van der Waals surface area (Å²) in [5, 5.41) is 2.60. The summed E-state index contributed by atoms with van der Waals surface area (Å²) in [5.41, 5.74) is 0. The molecule has 9 heteroatoms. The van der Waals surface area contributed by atoms with Gasteiger partial charge >= 0.3 is 6.18 Å². The molecule has 0 spiro atoms. The van der Waals surface area contributed by atoms with Crippen molar-refractivity contribution in [3.05, 3.63) is 0 Å². The van der Waals surface area contributed by atoms with Crippen LogP contribution in [0.15, 0.2) is 0 Å². The Balaban J connectivity index is 2.15. The van der Waals surface area contributed by atoms with E-state index in [0.717, 1.165) is 0 Å². The molecule has 1 N–H and O–H groups in total. The maximum atomic E-state index is 12.9. The monoisotopic (exact) mass is 328 g/mol. The van der Waals surface area contributed by atoms with Crippen molar-refractivity contribution in [2.45, 2.75) is 24.8 Å². The number of hydrogen-bond acceptors (Lipinski definition) is 4. The van der Waals surface area contributed by atoms with Gasteiger partial charge in [-0.15, -0.1) is 0 Å². The largest absolute Gasteiger partial charge is 0.393 e. The van der Waals surface area contributed by atoms with E-state index < -0.39 is 38.5 Å². The maximum Gasteiger partial charge on any atom is 0.393 e. The first-order valence-corrected chi connectivity index (χ1v) is 8.39. The van der Waals surface area contributed by atoms with Crippen molar-refractivity contribution in [2.24, 2.45) is 11.8 Å². The van der Waals surface area contributed by atoms with Crippen LogP contribution in [0.2, 0.25) is 0 Å². The molecule has 2 atom stereocenters. The third-order valence-corrected chi connectivity index (χ3v) is 6.84. The van der Waals surface area contributed by atoms with Gasteiger partial charge in [-0.2, -0.15) is 13.2 Å². The molecule has 0 aromatic carbocycles. The third-order valence-electron chi connectivity index (χ3n) is 4.31. The second-order valence-corrected chi connectivity index (χ2v) is 8.99. The number of sulfone groups is 1. The van der Waals surface area contributed by atoms with Gasteiger partial charge in [-0.3, -0.25) is 4.79 Å². The van der Waals surface area contributed by atoms with Crippen LogP contribution in [-0.2, 0) is 14.6 Å². The molecule has 2 heterocycles. The molecule has 1 amide bonds. The van der Waals surface area contributed by atoms with Crippen LogP contribution in [0.5, 0.6) is 0 Å². The molecule has 2 fully saturated rings. The number of nitrogens with one attached hydrogen (secondary N) is 1. The van der Waals surface area contributed by atoms with Gasteiger partial charge in [-0.1, -0.05) is 0 Å². The Morgan fingerprint density at radius 2 is 1.90 bits per heavy atom. The first-order valence-electron chi connectivity index (χ1n) is 6.74. The van der Waals surface area contributed by atoms with Gasteiger partial charge in [0.15, 0.2) is 9.84 Å². The van der Waals surface area contributed by atoms with Crippen LogP contribution >= 0.6 is 0 Å². The lowest BCUT2D eigenvalue weighted by molar-refractivity contribution is -0.185. The summed E-state index contributed by atoms with van der Waals surface area (Å²) in [6.45, 7) is 2.61. The molecular weight excluding hydrogens is 309 g/mol. The molecule has 122 valence electrons. The van der Waals surface area contributed by atoms with Crippen molar-refractivity contribution in [2.75, 3.05) is 31.9 Å². The lowest BCUT2D eigenvalue weighted by Crippen LogP contribution is -2.56. The second-order valence-electron chi connectivity index (χ2n) is 6.25. The van der Waals surface area contributed by atoms with Crippen LogP contribution in [-0.4, -0.2) is 62.1 Å². The van der Waals surface area contributed by atoms with Gasteiger partial charge in [0.1, 0.15) is 0 Å². The minimum atomic E-state index is -4.43. The Kier molecular flexibility index (Phi) is 4.03. The minimum Gasteiger partial charge on any atom is -0.340 e. The van der Waals surface area contributed by atoms with E-state index in [-0.39, 0.29) is 31.9 Å². The third kappa shape index (κ3) is 3.03. The molecule has 0 aliphatic carbocycles. The molecule has 0 aromatic rings. The molecule has 21 heavy (non-hydrogen) atoms. The number of hydrogen-bond donors (Lipinski definition) is 1. The maximum absolute atomic E-state index is 12.9. The van der Waals surface area contributed by atoms with Crippen LogP contribution in [0.1, 0.15) is 13.8 Å². The van der Waals surface area contributed by atoms with E-state index in [1.165, 1.54) is 18.7 Å². The number of carbonyl (C=O) groups is 1. The summed E-state index contributed by atoms with van der Waals surface area (Å²) >= 11 is 0. The predicted molar refractivity (Wildman–Crippen MR) is 70.4 cm³/mol. The van der Waals surface area contributed by atoms with Crippen LogP contribution in [0.25, 0.3) is 0 Å². The van der Waals surface area contributed by atoms with E-state index in [1.54, 1.807) is 0 Å². The minimum absolute atomic E-state index is 0.0211. The molecule has 0 radical (unpaired) electrons. The van der Waals surface area contributed by atoms with Gasteiger partial charge in [0.05, 0.1) is 22.3 Å². The van der Waals surface area contributed by atoms with E-state index in [2.05, 4.69) is 5.32 Å². The Bertz CT molecular complexity index is 530. The van der Waals surface area contributed by atoms with Gasteiger partial charge in [0.2, 0.25) is 5.91 Å². The van der Waals surface area contributed by atoms with Gasteiger partial charge < -0.3 is 10.2 Å². The standard InChI is InChI=1S/C12H19F3N2O3S/c1-11(2)7-17(3-4-21(11,19)20)10(18)8-5-16-6-9(8)12(13,14)15/h8-9,16H,3-7H2,1-2H3/t8-,9-/m1/s1. The number of nitrogens with zero attached hydrogens (tertiary/aromatic N) is 1. The quantitative estimate of drug-likeness (QED) is 0.758. The molecular formula is C12H19F3N2O3S. The first-order chi connectivity index (χ1) is 9.46. The molecule has 2 aliphatic heterocycles. The fourth-order valence-corrected chi connectivity index (χ4v) is 4.21. The normalized spacial score (nSPS) is 32.1. The highest BCUT2D eigenvalue weighted by molar-refractivity contribution is 7.92. The number of carbonyl (C=O) groups excluding carboxylic acids is 1. The Morgan fingerprint density at radius 3 is 2.43 bits per heavy atom. The van der Waals surface area contributed by atoms with E-state index in [0.29, 0.717) is 0 Å². The average Bonchev–Trinajstić information content (AvgIpc) is 2.80. The molecule has 0 saturated carbocycles. The number of rotatable bonds is 1. The summed E-state index contributed by atoms with van der Waals surface area (Å²) in [5.74, 6) is -3.68. The van der Waals surface area contributed by atoms with Crippen molar-refractivity contribution in [1.82, 2.24) is 10.2 Å². The van der Waals surface area contributed by atoms with Crippen LogP contribution < -0.4 is 5.32 Å². The molecule has 0 bridgehead atoms. The number of halogens is 3. The van der Waals surface area contributed by atoms with Gasteiger partial charge in [-0.25, -0.2) is 8.42 Å². The zero-order valence-corrected chi connectivity index (χ0v) is 12.7. The summed E-state index contributed by atoms with van der Waals surface area (Å²) in [7, 11) is -3.32. The molecule has 5 nitrogen and oxygen atoms in total. The predicted octanol–water partition coefficient (Wildman–Crippen LogP) is 0.420. The topological polar surface area (TPSA) is 66.5 Å². The van der Waals surface area contributed by atoms with Gasteiger partial charge in [-0.05, 0) is 13.8 Å². The number of amides is 1. The molecule has 0 aromatic heterocycles. The van der Waals surface area contributed by atoms with E-state index in [9.17, 15) is 26.4 Å². The fraction of sp³-hybridized carbons (Fsp3) is 0.917. The zero-order chi connectivity index (χ0) is 16.1.